The first-order chi connectivity index (χ1) is 9.17. The Hall–Kier alpha value is -0.950. The van der Waals surface area contributed by atoms with Crippen LogP contribution in [0.3, 0.4) is 0 Å². The van der Waals surface area contributed by atoms with Crippen molar-refractivity contribution in [1.82, 2.24) is 25.2 Å². The van der Waals surface area contributed by atoms with Crippen molar-refractivity contribution in [1.29, 1.82) is 0 Å². The minimum atomic E-state index is 0.754. The predicted molar refractivity (Wildman–Crippen MR) is 78.4 cm³/mol. The van der Waals surface area contributed by atoms with Gasteiger partial charge < -0.3 is 5.32 Å². The zero-order valence-electron chi connectivity index (χ0n) is 11.1. The smallest absolute Gasteiger partial charge is 0.0964 e. The van der Waals surface area contributed by atoms with Gasteiger partial charge in [0.2, 0.25) is 0 Å². The summed E-state index contributed by atoms with van der Waals surface area (Å²) in [5.74, 6) is 0. The molecule has 1 N–H and O–H groups in total. The van der Waals surface area contributed by atoms with Crippen LogP contribution >= 0.6 is 22.9 Å². The van der Waals surface area contributed by atoms with Crippen LogP contribution in [0.25, 0.3) is 0 Å². The lowest BCUT2D eigenvalue weighted by atomic mass is 10.4. The number of aromatic nitrogens is 3. The third kappa shape index (κ3) is 4.58. The zero-order chi connectivity index (χ0) is 13.7. The quantitative estimate of drug-likeness (QED) is 0.847. The first-order valence-corrected chi connectivity index (χ1v) is 7.33. The summed E-state index contributed by atoms with van der Waals surface area (Å²) in [5, 5.41) is 11.2. The van der Waals surface area contributed by atoms with Crippen LogP contribution in [0.2, 0.25) is 4.34 Å². The molecule has 7 heteroatoms. The summed E-state index contributed by atoms with van der Waals surface area (Å²) in [5.41, 5.74) is 0.968. The van der Waals surface area contributed by atoms with Crippen molar-refractivity contribution in [2.45, 2.75) is 19.6 Å². The lowest BCUT2D eigenvalue weighted by Gasteiger charge is -2.14. The van der Waals surface area contributed by atoms with Crippen LogP contribution in [-0.4, -0.2) is 40.5 Å². The van der Waals surface area contributed by atoms with E-state index in [9.17, 15) is 0 Å². The van der Waals surface area contributed by atoms with Crippen molar-refractivity contribution in [3.8, 4) is 0 Å². The standard InChI is InChI=1S/C12H18ClN5S/c1-14-7-10-8-18(16-15-10)6-5-17(2)9-11-3-4-12(13)19-11/h3-4,8,14H,5-7,9H2,1-2H3. The summed E-state index contributed by atoms with van der Waals surface area (Å²) in [6, 6.07) is 4.01. The van der Waals surface area contributed by atoms with Crippen LogP contribution in [0.1, 0.15) is 10.6 Å². The van der Waals surface area contributed by atoms with E-state index < -0.39 is 0 Å². The van der Waals surface area contributed by atoms with Crippen LogP contribution in [0.15, 0.2) is 18.3 Å². The predicted octanol–water partition coefficient (Wildman–Crippen LogP) is 1.84. The summed E-state index contributed by atoms with van der Waals surface area (Å²) >= 11 is 7.55. The Morgan fingerprint density at radius 1 is 1.47 bits per heavy atom. The van der Waals surface area contributed by atoms with E-state index in [1.54, 1.807) is 11.3 Å². The number of nitrogens with one attached hydrogen (secondary N) is 1. The van der Waals surface area contributed by atoms with Crippen molar-refractivity contribution in [3.05, 3.63) is 33.2 Å². The Morgan fingerprint density at radius 3 is 3.00 bits per heavy atom. The Labute approximate surface area is 122 Å². The molecule has 0 aliphatic carbocycles. The Bertz CT molecular complexity index is 510. The lowest BCUT2D eigenvalue weighted by Crippen LogP contribution is -2.22. The third-order valence-electron chi connectivity index (χ3n) is 2.71. The Balaban J connectivity index is 1.77. The Kier molecular flexibility index (Phi) is 5.33. The normalized spacial score (nSPS) is 11.4. The molecule has 2 aromatic heterocycles. The second-order valence-corrected chi connectivity index (χ2v) is 6.25. The molecule has 2 heterocycles. The maximum absolute atomic E-state index is 5.92. The van der Waals surface area contributed by atoms with E-state index in [4.69, 9.17) is 11.6 Å². The molecule has 2 aromatic rings. The van der Waals surface area contributed by atoms with Gasteiger partial charge in [-0.3, -0.25) is 9.58 Å². The monoisotopic (exact) mass is 299 g/mol. The highest BCUT2D eigenvalue weighted by atomic mass is 35.5. The van der Waals surface area contributed by atoms with E-state index in [0.29, 0.717) is 0 Å². The molecule has 0 unspecified atom stereocenters. The van der Waals surface area contributed by atoms with Gasteiger partial charge in [-0.2, -0.15) is 0 Å². The molecule has 0 aliphatic rings. The van der Waals surface area contributed by atoms with Crippen molar-refractivity contribution < 1.29 is 0 Å². The fourth-order valence-electron chi connectivity index (χ4n) is 1.76. The molecule has 0 fully saturated rings. The van der Waals surface area contributed by atoms with Gasteiger partial charge in [-0.05, 0) is 26.2 Å². The maximum atomic E-state index is 5.92. The first-order valence-electron chi connectivity index (χ1n) is 6.13. The summed E-state index contributed by atoms with van der Waals surface area (Å²) in [6.45, 7) is 3.43. The van der Waals surface area contributed by atoms with Crippen LogP contribution in [0.4, 0.5) is 0 Å². The van der Waals surface area contributed by atoms with Gasteiger partial charge >= 0.3 is 0 Å². The molecule has 2 rings (SSSR count). The number of hydrogen-bond acceptors (Lipinski definition) is 5. The van der Waals surface area contributed by atoms with Crippen molar-refractivity contribution in [3.63, 3.8) is 0 Å². The molecule has 0 saturated heterocycles. The minimum Gasteiger partial charge on any atom is -0.314 e. The average molecular weight is 300 g/mol. The van der Waals surface area contributed by atoms with Gasteiger partial charge in [0, 0.05) is 30.7 Å². The van der Waals surface area contributed by atoms with Gasteiger partial charge in [0.25, 0.3) is 0 Å². The molecule has 104 valence electrons. The summed E-state index contributed by atoms with van der Waals surface area (Å²) in [6.07, 6.45) is 1.98. The summed E-state index contributed by atoms with van der Waals surface area (Å²) in [7, 11) is 4.00. The van der Waals surface area contributed by atoms with Crippen molar-refractivity contribution in [2.24, 2.45) is 0 Å². The molecule has 0 aliphatic heterocycles. The molecule has 0 bridgehead atoms. The maximum Gasteiger partial charge on any atom is 0.0964 e. The highest BCUT2D eigenvalue weighted by Crippen LogP contribution is 2.22. The molecule has 0 spiro atoms. The number of hydrogen-bond donors (Lipinski definition) is 1. The van der Waals surface area contributed by atoms with E-state index >= 15 is 0 Å². The van der Waals surface area contributed by atoms with E-state index in [0.717, 1.165) is 36.2 Å². The third-order valence-corrected chi connectivity index (χ3v) is 3.93. The van der Waals surface area contributed by atoms with E-state index in [1.807, 2.05) is 24.0 Å². The molecule has 19 heavy (non-hydrogen) atoms. The van der Waals surface area contributed by atoms with Gasteiger partial charge in [-0.25, -0.2) is 0 Å². The van der Waals surface area contributed by atoms with Crippen molar-refractivity contribution in [2.75, 3.05) is 20.6 Å². The second kappa shape index (κ2) is 7.00. The van der Waals surface area contributed by atoms with Crippen LogP contribution in [0.5, 0.6) is 0 Å². The highest BCUT2D eigenvalue weighted by molar-refractivity contribution is 7.16. The van der Waals surface area contributed by atoms with Gasteiger partial charge in [0.05, 0.1) is 16.6 Å². The van der Waals surface area contributed by atoms with E-state index in [1.165, 1.54) is 4.88 Å². The molecular formula is C12H18ClN5S. The topological polar surface area (TPSA) is 46.0 Å². The van der Waals surface area contributed by atoms with Gasteiger partial charge in [-0.15, -0.1) is 16.4 Å². The number of likely N-dealkylation sites (N-methyl/N-ethyl adjacent to an activating group) is 1. The molecule has 0 radical (unpaired) electrons. The average Bonchev–Trinajstić information content (AvgIpc) is 2.97. The van der Waals surface area contributed by atoms with Crippen LogP contribution < -0.4 is 5.32 Å². The minimum absolute atomic E-state index is 0.754. The number of thiophene rings is 1. The fraction of sp³-hybridized carbons (Fsp3) is 0.500. The second-order valence-electron chi connectivity index (χ2n) is 4.45. The molecule has 0 atom stereocenters. The number of nitrogens with zero attached hydrogens (tertiary/aromatic N) is 4. The van der Waals surface area contributed by atoms with Gasteiger partial charge in [0.1, 0.15) is 0 Å². The van der Waals surface area contributed by atoms with Gasteiger partial charge in [-0.1, -0.05) is 16.8 Å². The summed E-state index contributed by atoms with van der Waals surface area (Å²) < 4.78 is 2.72. The SMILES string of the molecule is CNCc1cn(CCN(C)Cc2ccc(Cl)s2)nn1. The van der Waals surface area contributed by atoms with Crippen LogP contribution in [0, 0.1) is 0 Å². The molecule has 5 nitrogen and oxygen atoms in total. The number of rotatable bonds is 7. The van der Waals surface area contributed by atoms with E-state index in [2.05, 4.69) is 33.6 Å². The Morgan fingerprint density at radius 2 is 2.32 bits per heavy atom. The molecular weight excluding hydrogens is 282 g/mol. The van der Waals surface area contributed by atoms with Crippen LogP contribution in [-0.2, 0) is 19.6 Å². The largest absolute Gasteiger partial charge is 0.314 e. The fourth-order valence-corrected chi connectivity index (χ4v) is 2.93. The lowest BCUT2D eigenvalue weighted by molar-refractivity contribution is 0.306. The molecule has 0 saturated carbocycles. The van der Waals surface area contributed by atoms with Gasteiger partial charge in [0.15, 0.2) is 0 Å². The first kappa shape index (κ1) is 14.5. The number of halogens is 1. The summed E-state index contributed by atoms with van der Waals surface area (Å²) in [4.78, 5) is 3.53. The van der Waals surface area contributed by atoms with E-state index in [-0.39, 0.29) is 0 Å². The highest BCUT2D eigenvalue weighted by Gasteiger charge is 2.05. The zero-order valence-corrected chi connectivity index (χ0v) is 12.7. The van der Waals surface area contributed by atoms with Crippen molar-refractivity contribution >= 4 is 22.9 Å². The molecule has 0 amide bonds. The molecule has 0 aromatic carbocycles.